The molecule has 0 aliphatic carbocycles. The van der Waals surface area contributed by atoms with E-state index in [-0.39, 0.29) is 12.8 Å². The van der Waals surface area contributed by atoms with Crippen LogP contribution in [0, 0.1) is 0 Å². The molecule has 0 radical (unpaired) electrons. The quantitative estimate of drug-likeness (QED) is 0.357. The second-order valence-corrected chi connectivity index (χ2v) is 10.8. The Balaban J connectivity index is 2.51. The molecule has 0 saturated carbocycles. The van der Waals surface area contributed by atoms with Crippen LogP contribution in [-0.2, 0) is 25.5 Å². The number of carbonyl (C=O) groups excluding carboxylic acids is 4. The molecule has 0 fully saturated rings. The molecule has 2 rings (SSSR count). The number of anilines is 1. The van der Waals surface area contributed by atoms with E-state index in [2.05, 4.69) is 10.6 Å². The summed E-state index contributed by atoms with van der Waals surface area (Å²) in [5.74, 6) is -0.975. The number of primary amides is 1. The summed E-state index contributed by atoms with van der Waals surface area (Å²) in [6.07, 6.45) is -0.208. The average Bonchev–Trinajstić information content (AvgIpc) is 2.88. The van der Waals surface area contributed by atoms with Gasteiger partial charge in [0.05, 0.1) is 7.11 Å². The van der Waals surface area contributed by atoms with Crippen molar-refractivity contribution in [2.45, 2.75) is 84.5 Å². The maximum absolute atomic E-state index is 14.1. The number of nitrogens with one attached hydrogen (secondary N) is 2. The second-order valence-electron chi connectivity index (χ2n) is 10.8. The fourth-order valence-electron chi connectivity index (χ4n) is 4.11. The van der Waals surface area contributed by atoms with Gasteiger partial charge in [-0.15, -0.1) is 0 Å². The molecule has 0 aliphatic heterocycles. The van der Waals surface area contributed by atoms with E-state index in [1.54, 1.807) is 66.0 Å². The normalized spacial score (nSPS) is 12.7. The summed E-state index contributed by atoms with van der Waals surface area (Å²) < 4.78 is 10.6. The first kappa shape index (κ1) is 32.1. The molecule has 218 valence electrons. The number of ether oxygens (including phenoxy) is 2. The fraction of sp³-hybridized carbons (Fsp3) is 0.467. The van der Waals surface area contributed by atoms with Crippen LogP contribution in [0.5, 0.6) is 5.75 Å². The summed E-state index contributed by atoms with van der Waals surface area (Å²) in [6, 6.07) is 11.6. The lowest BCUT2D eigenvalue weighted by atomic mass is 9.98. The van der Waals surface area contributed by atoms with Crippen molar-refractivity contribution in [3.63, 3.8) is 0 Å². The zero-order valence-electron chi connectivity index (χ0n) is 24.4. The Morgan fingerprint density at radius 1 is 0.975 bits per heavy atom. The van der Waals surface area contributed by atoms with E-state index >= 15 is 0 Å². The summed E-state index contributed by atoms with van der Waals surface area (Å²) in [4.78, 5) is 53.6. The van der Waals surface area contributed by atoms with Crippen molar-refractivity contribution in [3.8, 4) is 5.75 Å². The highest BCUT2D eigenvalue weighted by atomic mass is 16.6. The second kappa shape index (κ2) is 14.3. The van der Waals surface area contributed by atoms with Gasteiger partial charge in [-0.3, -0.25) is 14.4 Å². The Hall–Kier alpha value is -4.08. The number of methoxy groups -OCH3 is 1. The Morgan fingerprint density at radius 3 is 2.05 bits per heavy atom. The lowest BCUT2D eigenvalue weighted by Gasteiger charge is -2.37. The smallest absolute Gasteiger partial charge is 0.408 e. The molecule has 0 bridgehead atoms. The van der Waals surface area contributed by atoms with Gasteiger partial charge in [-0.25, -0.2) is 4.79 Å². The molecule has 2 aromatic carbocycles. The molecule has 0 saturated heterocycles. The summed E-state index contributed by atoms with van der Waals surface area (Å²) in [6.45, 7) is 10.7. The third-order valence-corrected chi connectivity index (χ3v) is 6.07. The number of hydrogen-bond donors (Lipinski definition) is 3. The molecule has 40 heavy (non-hydrogen) atoms. The molecule has 2 atom stereocenters. The van der Waals surface area contributed by atoms with Crippen molar-refractivity contribution >= 4 is 29.5 Å². The monoisotopic (exact) mass is 554 g/mol. The minimum Gasteiger partial charge on any atom is -0.497 e. The van der Waals surface area contributed by atoms with E-state index in [1.165, 1.54) is 4.90 Å². The molecule has 4 N–H and O–H groups in total. The number of nitrogens with zero attached hydrogens (tertiary/aromatic N) is 1. The van der Waals surface area contributed by atoms with E-state index in [9.17, 15) is 19.2 Å². The lowest BCUT2D eigenvalue weighted by Crippen LogP contribution is -2.54. The number of amides is 4. The van der Waals surface area contributed by atoms with Crippen LogP contribution < -0.4 is 21.1 Å². The van der Waals surface area contributed by atoms with Gasteiger partial charge in [0, 0.05) is 18.2 Å². The van der Waals surface area contributed by atoms with Gasteiger partial charge in [0.1, 0.15) is 23.4 Å². The van der Waals surface area contributed by atoms with Gasteiger partial charge < -0.3 is 30.7 Å². The van der Waals surface area contributed by atoms with Crippen molar-refractivity contribution in [1.29, 1.82) is 0 Å². The van der Waals surface area contributed by atoms with E-state index in [0.29, 0.717) is 17.0 Å². The van der Waals surface area contributed by atoms with Crippen molar-refractivity contribution < 1.29 is 28.7 Å². The number of rotatable bonds is 12. The minimum atomic E-state index is -1.16. The van der Waals surface area contributed by atoms with Gasteiger partial charge in [-0.05, 0) is 82.9 Å². The Bertz CT molecular complexity index is 1160. The molecule has 0 spiro atoms. The minimum absolute atomic E-state index is 0.0573. The Labute approximate surface area is 236 Å². The maximum Gasteiger partial charge on any atom is 0.408 e. The van der Waals surface area contributed by atoms with Crippen LogP contribution in [0.25, 0.3) is 0 Å². The number of aryl methyl sites for hydroxylation is 1. The summed E-state index contributed by atoms with van der Waals surface area (Å²) in [5, 5.41) is 5.48. The summed E-state index contributed by atoms with van der Waals surface area (Å²) >= 11 is 0. The third kappa shape index (κ3) is 9.59. The standard InChI is InChI=1S/C30H42N4O6/c1-8-20-9-11-21(12-10-20)26(27(36)32-22-13-15-23(39-7)16-14-22)34(19(2)3)28(37)24(17-18-25(31)35)33-29(38)40-30(4,5)6/h9-16,19,24,26H,8,17-18H2,1-7H3,(H2,31,35)(H,32,36)(H,33,38). The van der Waals surface area contributed by atoms with Crippen LogP contribution >= 0.6 is 0 Å². The van der Waals surface area contributed by atoms with Crippen LogP contribution in [0.15, 0.2) is 48.5 Å². The zero-order valence-corrected chi connectivity index (χ0v) is 24.4. The summed E-state index contributed by atoms with van der Waals surface area (Å²) in [7, 11) is 1.55. The molecular weight excluding hydrogens is 512 g/mol. The van der Waals surface area contributed by atoms with Crippen molar-refractivity contribution in [3.05, 3.63) is 59.7 Å². The van der Waals surface area contributed by atoms with Gasteiger partial charge in [0.15, 0.2) is 0 Å². The largest absolute Gasteiger partial charge is 0.497 e. The van der Waals surface area contributed by atoms with Crippen molar-refractivity contribution in [1.82, 2.24) is 10.2 Å². The number of benzene rings is 2. The van der Waals surface area contributed by atoms with Gasteiger partial charge in [0.25, 0.3) is 5.91 Å². The first-order valence-electron chi connectivity index (χ1n) is 13.4. The average molecular weight is 555 g/mol. The highest BCUT2D eigenvalue weighted by molar-refractivity contribution is 5.99. The van der Waals surface area contributed by atoms with E-state index in [4.69, 9.17) is 15.2 Å². The third-order valence-electron chi connectivity index (χ3n) is 6.07. The number of carbonyl (C=O) groups is 4. The first-order chi connectivity index (χ1) is 18.7. The van der Waals surface area contributed by atoms with Gasteiger partial charge >= 0.3 is 6.09 Å². The van der Waals surface area contributed by atoms with E-state index in [1.807, 2.05) is 31.2 Å². The molecule has 4 amide bonds. The van der Waals surface area contributed by atoms with Crippen LogP contribution in [0.3, 0.4) is 0 Å². The number of alkyl carbamates (subject to hydrolysis) is 1. The highest BCUT2D eigenvalue weighted by Gasteiger charge is 2.38. The van der Waals surface area contributed by atoms with Gasteiger partial charge in [0.2, 0.25) is 11.8 Å². The van der Waals surface area contributed by atoms with Gasteiger partial charge in [-0.2, -0.15) is 0 Å². The molecule has 0 aromatic heterocycles. The highest BCUT2D eigenvalue weighted by Crippen LogP contribution is 2.28. The number of hydrogen-bond acceptors (Lipinski definition) is 6. The zero-order chi connectivity index (χ0) is 30.0. The summed E-state index contributed by atoms with van der Waals surface area (Å²) in [5.41, 5.74) is 6.75. The van der Waals surface area contributed by atoms with Gasteiger partial charge in [-0.1, -0.05) is 31.2 Å². The molecule has 10 nitrogen and oxygen atoms in total. The van der Waals surface area contributed by atoms with Crippen molar-refractivity contribution in [2.24, 2.45) is 5.73 Å². The molecule has 0 heterocycles. The molecule has 0 aliphatic rings. The van der Waals surface area contributed by atoms with E-state index < -0.39 is 47.5 Å². The van der Waals surface area contributed by atoms with Crippen LogP contribution in [-0.4, -0.2) is 53.5 Å². The maximum atomic E-state index is 14.1. The SMILES string of the molecule is CCc1ccc(C(C(=O)Nc2ccc(OC)cc2)N(C(=O)C(CCC(N)=O)NC(=O)OC(C)(C)C)C(C)C)cc1. The fourth-order valence-corrected chi connectivity index (χ4v) is 4.11. The first-order valence-corrected chi connectivity index (χ1v) is 13.4. The predicted octanol–water partition coefficient (Wildman–Crippen LogP) is 4.33. The molecule has 10 heteroatoms. The topological polar surface area (TPSA) is 140 Å². The van der Waals surface area contributed by atoms with E-state index in [0.717, 1.165) is 12.0 Å². The van der Waals surface area contributed by atoms with Crippen LogP contribution in [0.4, 0.5) is 10.5 Å². The molecular formula is C30H42N4O6. The molecule has 2 unspecified atom stereocenters. The van der Waals surface area contributed by atoms with Crippen LogP contribution in [0.2, 0.25) is 0 Å². The molecule has 2 aromatic rings. The van der Waals surface area contributed by atoms with Crippen molar-refractivity contribution in [2.75, 3.05) is 12.4 Å². The number of nitrogens with two attached hydrogens (primary N) is 1. The Morgan fingerprint density at radius 2 is 1.57 bits per heavy atom. The van der Waals surface area contributed by atoms with Crippen LogP contribution in [0.1, 0.15) is 71.6 Å². The Kier molecular flexibility index (Phi) is 11.5. The lowest BCUT2D eigenvalue weighted by molar-refractivity contribution is -0.143. The predicted molar refractivity (Wildman–Crippen MR) is 154 cm³/mol.